The molecule has 1 saturated heterocycles. The average molecular weight is 243 g/mol. The molecule has 15 heavy (non-hydrogen) atoms. The van der Waals surface area contributed by atoms with Gasteiger partial charge in [0.25, 0.3) is 22.4 Å². The van der Waals surface area contributed by atoms with Gasteiger partial charge in [0.15, 0.2) is 4.75 Å². The van der Waals surface area contributed by atoms with Crippen molar-refractivity contribution in [3.63, 3.8) is 0 Å². The van der Waals surface area contributed by atoms with E-state index >= 15 is 0 Å². The summed E-state index contributed by atoms with van der Waals surface area (Å²) in [6.07, 6.45) is -5.21. The summed E-state index contributed by atoms with van der Waals surface area (Å²) >= 11 is 0. The van der Waals surface area contributed by atoms with Crippen LogP contribution in [0.3, 0.4) is 0 Å². The van der Waals surface area contributed by atoms with Crippen LogP contribution in [-0.4, -0.2) is 47.6 Å². The molecule has 0 aromatic rings. The van der Waals surface area contributed by atoms with Crippen molar-refractivity contribution >= 4 is 15.9 Å². The molecule has 1 fully saturated rings. The number of β-amino-alcohol motifs (C(OH)–C–C–N with tert-alkyl or cyclic N) is 1. The van der Waals surface area contributed by atoms with Crippen LogP contribution < -0.4 is 0 Å². The SMILES string of the molecule is CC1(C)C(=O)N(CC(O)C(F)F)S1(=O)=O. The standard InChI is InChI=1S/C7H11F2NO4S/c1-7(2)6(12)10(15(7,13)14)3-4(11)5(8)9/h4-5,11H,3H2,1-2H3. The zero-order valence-corrected chi connectivity index (χ0v) is 8.96. The fourth-order valence-electron chi connectivity index (χ4n) is 1.19. The molecule has 1 aliphatic rings. The molecule has 0 aliphatic carbocycles. The molecule has 5 nitrogen and oxygen atoms in total. The lowest BCUT2D eigenvalue weighted by molar-refractivity contribution is -0.134. The molecule has 0 saturated carbocycles. The lowest BCUT2D eigenvalue weighted by Gasteiger charge is -2.43. The summed E-state index contributed by atoms with van der Waals surface area (Å²) < 4.78 is 45.4. The van der Waals surface area contributed by atoms with E-state index in [2.05, 4.69) is 0 Å². The van der Waals surface area contributed by atoms with Gasteiger partial charge in [-0.1, -0.05) is 0 Å². The van der Waals surface area contributed by atoms with Crippen molar-refractivity contribution in [1.29, 1.82) is 0 Å². The Morgan fingerprint density at radius 2 is 1.93 bits per heavy atom. The van der Waals surface area contributed by atoms with Crippen molar-refractivity contribution in [1.82, 2.24) is 4.31 Å². The monoisotopic (exact) mass is 243 g/mol. The molecule has 1 rings (SSSR count). The maximum atomic E-state index is 11.9. The Kier molecular flexibility index (Phi) is 2.77. The van der Waals surface area contributed by atoms with Crippen molar-refractivity contribution in [2.24, 2.45) is 0 Å². The molecule has 1 N–H and O–H groups in total. The Hall–Kier alpha value is -0.760. The van der Waals surface area contributed by atoms with Crippen LogP contribution in [-0.2, 0) is 14.8 Å². The van der Waals surface area contributed by atoms with Crippen molar-refractivity contribution in [2.75, 3.05) is 6.54 Å². The topological polar surface area (TPSA) is 74.7 Å². The lowest BCUT2D eigenvalue weighted by Crippen LogP contribution is -2.68. The number of amides is 1. The third-order valence-corrected chi connectivity index (χ3v) is 4.68. The summed E-state index contributed by atoms with van der Waals surface area (Å²) in [5.41, 5.74) is 0. The van der Waals surface area contributed by atoms with Gasteiger partial charge in [0.2, 0.25) is 0 Å². The van der Waals surface area contributed by atoms with E-state index in [1.807, 2.05) is 0 Å². The number of hydrogen-bond acceptors (Lipinski definition) is 4. The molecule has 0 spiro atoms. The fourth-order valence-corrected chi connectivity index (χ4v) is 2.73. The van der Waals surface area contributed by atoms with Gasteiger partial charge in [-0.2, -0.15) is 0 Å². The lowest BCUT2D eigenvalue weighted by atomic mass is 10.2. The molecule has 1 amide bonds. The van der Waals surface area contributed by atoms with Gasteiger partial charge in [0.1, 0.15) is 6.10 Å². The number of hydrogen-bond donors (Lipinski definition) is 1. The first-order chi connectivity index (χ1) is 6.62. The maximum absolute atomic E-state index is 11.9. The van der Waals surface area contributed by atoms with E-state index in [1.165, 1.54) is 13.8 Å². The number of aliphatic hydroxyl groups is 1. The van der Waals surface area contributed by atoms with E-state index in [-0.39, 0.29) is 4.31 Å². The Balaban J connectivity index is 2.81. The molecule has 88 valence electrons. The highest BCUT2D eigenvalue weighted by atomic mass is 32.2. The first kappa shape index (κ1) is 12.3. The molecule has 1 heterocycles. The van der Waals surface area contributed by atoms with Crippen LogP contribution in [0.2, 0.25) is 0 Å². The minimum Gasteiger partial charge on any atom is -0.385 e. The molecule has 1 unspecified atom stereocenters. The number of sulfonamides is 1. The van der Waals surface area contributed by atoms with Crippen LogP contribution in [0.4, 0.5) is 8.78 Å². The third-order valence-electron chi connectivity index (χ3n) is 2.32. The van der Waals surface area contributed by atoms with Gasteiger partial charge >= 0.3 is 0 Å². The second kappa shape index (κ2) is 3.38. The highest BCUT2D eigenvalue weighted by molar-refractivity contribution is 7.94. The minimum absolute atomic E-state index is 0.282. The Labute approximate surface area is 85.7 Å². The predicted octanol–water partition coefficient (Wildman–Crippen LogP) is -0.437. The van der Waals surface area contributed by atoms with Gasteiger partial charge in [-0.3, -0.25) is 4.79 Å². The molecule has 1 atom stereocenters. The van der Waals surface area contributed by atoms with Crippen molar-refractivity contribution in [2.45, 2.75) is 31.1 Å². The van der Waals surface area contributed by atoms with Crippen LogP contribution in [0.1, 0.15) is 13.8 Å². The molecular weight excluding hydrogens is 232 g/mol. The van der Waals surface area contributed by atoms with Crippen LogP contribution in [0.5, 0.6) is 0 Å². The highest BCUT2D eigenvalue weighted by Crippen LogP contribution is 2.34. The van der Waals surface area contributed by atoms with Gasteiger partial charge < -0.3 is 5.11 Å². The summed E-state index contributed by atoms with van der Waals surface area (Å²) in [7, 11) is -3.89. The Bertz CT molecular complexity index is 378. The number of nitrogens with zero attached hydrogens (tertiary/aromatic N) is 1. The molecule has 1 aliphatic heterocycles. The van der Waals surface area contributed by atoms with Gasteiger partial charge in [-0.15, -0.1) is 0 Å². The smallest absolute Gasteiger partial charge is 0.265 e. The number of aliphatic hydroxyl groups excluding tert-OH is 1. The second-order valence-electron chi connectivity index (χ2n) is 3.75. The first-order valence-electron chi connectivity index (χ1n) is 4.15. The molecule has 0 aromatic heterocycles. The van der Waals surface area contributed by atoms with Crippen molar-refractivity contribution < 1.29 is 27.1 Å². The van der Waals surface area contributed by atoms with E-state index in [4.69, 9.17) is 5.11 Å². The molecular formula is C7H11F2NO4S. The van der Waals surface area contributed by atoms with Crippen LogP contribution in [0.25, 0.3) is 0 Å². The predicted molar refractivity (Wildman–Crippen MR) is 46.7 cm³/mol. The number of alkyl halides is 2. The molecule has 0 bridgehead atoms. The van der Waals surface area contributed by atoms with E-state index < -0.39 is 39.8 Å². The Morgan fingerprint density at radius 1 is 1.47 bits per heavy atom. The van der Waals surface area contributed by atoms with E-state index in [0.29, 0.717) is 0 Å². The zero-order chi connectivity index (χ0) is 12.0. The molecule has 0 aromatic carbocycles. The molecule has 8 heteroatoms. The van der Waals surface area contributed by atoms with Gasteiger partial charge in [0.05, 0.1) is 6.54 Å². The van der Waals surface area contributed by atoms with E-state index in [0.717, 1.165) is 0 Å². The van der Waals surface area contributed by atoms with Crippen molar-refractivity contribution in [3.8, 4) is 0 Å². The normalized spacial score (nSPS) is 25.2. The average Bonchev–Trinajstić information content (AvgIpc) is 2.11. The highest BCUT2D eigenvalue weighted by Gasteiger charge is 2.60. The second-order valence-corrected chi connectivity index (χ2v) is 6.16. The van der Waals surface area contributed by atoms with E-state index in [1.54, 1.807) is 0 Å². The number of rotatable bonds is 3. The van der Waals surface area contributed by atoms with E-state index in [9.17, 15) is 22.0 Å². The van der Waals surface area contributed by atoms with Gasteiger partial charge in [-0.25, -0.2) is 21.5 Å². The maximum Gasteiger partial charge on any atom is 0.265 e. The van der Waals surface area contributed by atoms with Crippen LogP contribution in [0, 0.1) is 0 Å². The summed E-state index contributed by atoms with van der Waals surface area (Å²) in [6, 6.07) is 0. The van der Waals surface area contributed by atoms with Crippen LogP contribution in [0.15, 0.2) is 0 Å². The minimum atomic E-state index is -3.89. The summed E-state index contributed by atoms with van der Waals surface area (Å²) in [6.45, 7) is 1.49. The summed E-state index contributed by atoms with van der Waals surface area (Å²) in [4.78, 5) is 11.2. The summed E-state index contributed by atoms with van der Waals surface area (Å²) in [5, 5.41) is 8.77. The van der Waals surface area contributed by atoms with Gasteiger partial charge in [0, 0.05) is 0 Å². The number of carbonyl (C=O) groups is 1. The fraction of sp³-hybridized carbons (Fsp3) is 0.857. The largest absolute Gasteiger partial charge is 0.385 e. The number of halogens is 2. The zero-order valence-electron chi connectivity index (χ0n) is 8.15. The van der Waals surface area contributed by atoms with Gasteiger partial charge in [-0.05, 0) is 13.8 Å². The third kappa shape index (κ3) is 1.61. The first-order valence-corrected chi connectivity index (χ1v) is 5.59. The van der Waals surface area contributed by atoms with Crippen molar-refractivity contribution in [3.05, 3.63) is 0 Å². The quantitative estimate of drug-likeness (QED) is 0.729. The van der Waals surface area contributed by atoms with Crippen LogP contribution >= 0.6 is 0 Å². The Morgan fingerprint density at radius 3 is 2.27 bits per heavy atom. The number of carbonyl (C=O) groups excluding carboxylic acids is 1. The molecule has 0 radical (unpaired) electrons. The summed E-state index contributed by atoms with van der Waals surface area (Å²) in [5.74, 6) is -0.776.